The summed E-state index contributed by atoms with van der Waals surface area (Å²) in [5.41, 5.74) is 0. The van der Waals surface area contributed by atoms with Crippen molar-refractivity contribution in [3.8, 4) is 0 Å². The maximum atomic E-state index is 10.7. The van der Waals surface area contributed by atoms with Gasteiger partial charge in [-0.15, -0.1) is 0 Å². The Morgan fingerprint density at radius 2 is 1.50 bits per heavy atom. The molecule has 76 valence electrons. The van der Waals surface area contributed by atoms with Gasteiger partial charge in [0.05, 0.1) is 0 Å². The highest BCUT2D eigenvalue weighted by molar-refractivity contribution is 6.37. The predicted octanol–water partition coefficient (Wildman–Crippen LogP) is -1.02. The van der Waals surface area contributed by atoms with E-state index in [0.717, 1.165) is 0 Å². The topological polar surface area (TPSA) is 129 Å². The summed E-state index contributed by atoms with van der Waals surface area (Å²) < 4.78 is 0. The Morgan fingerprint density at radius 1 is 1.00 bits per heavy atom. The van der Waals surface area contributed by atoms with Crippen molar-refractivity contribution in [1.29, 1.82) is 0 Å². The van der Waals surface area contributed by atoms with Crippen molar-refractivity contribution in [3.05, 3.63) is 12.2 Å². The Morgan fingerprint density at radius 3 is 1.79 bits per heavy atom. The maximum absolute atomic E-state index is 10.7. The van der Waals surface area contributed by atoms with Gasteiger partial charge in [0, 0.05) is 6.08 Å². The summed E-state index contributed by atoms with van der Waals surface area (Å²) in [6, 6.07) is 0. The number of rotatable bonds is 5. The smallest absolute Gasteiger partial charge is 0.373 e. The van der Waals surface area contributed by atoms with Crippen LogP contribution in [-0.4, -0.2) is 39.0 Å². The highest BCUT2D eigenvalue weighted by Crippen LogP contribution is 2.01. The lowest BCUT2D eigenvalue weighted by Gasteiger charge is -2.00. The van der Waals surface area contributed by atoms with Crippen molar-refractivity contribution in [3.63, 3.8) is 0 Å². The van der Waals surface area contributed by atoms with Gasteiger partial charge in [0.1, 0.15) is 5.92 Å². The van der Waals surface area contributed by atoms with Crippen LogP contribution < -0.4 is 0 Å². The van der Waals surface area contributed by atoms with Crippen LogP contribution in [0.1, 0.15) is 0 Å². The van der Waals surface area contributed by atoms with E-state index in [1.54, 1.807) is 0 Å². The first kappa shape index (κ1) is 11.8. The average molecular weight is 202 g/mol. The van der Waals surface area contributed by atoms with E-state index < -0.39 is 29.6 Å². The van der Waals surface area contributed by atoms with E-state index in [1.165, 1.54) is 0 Å². The van der Waals surface area contributed by atoms with Gasteiger partial charge in [0.15, 0.2) is 0 Å². The van der Waals surface area contributed by atoms with E-state index in [9.17, 15) is 19.2 Å². The zero-order valence-corrected chi connectivity index (χ0v) is 6.71. The Hall–Kier alpha value is -2.18. The summed E-state index contributed by atoms with van der Waals surface area (Å²) in [6.07, 6.45) is 0.904. The zero-order chi connectivity index (χ0) is 11.3. The van der Waals surface area contributed by atoms with Crippen LogP contribution in [0.4, 0.5) is 0 Å². The van der Waals surface area contributed by atoms with Gasteiger partial charge in [-0.25, -0.2) is 9.59 Å². The summed E-state index contributed by atoms with van der Waals surface area (Å²) in [7, 11) is 0. The Bertz CT molecular complexity index is 314. The number of carbonyl (C=O) groups excluding carboxylic acids is 1. The van der Waals surface area contributed by atoms with E-state index in [4.69, 9.17) is 15.3 Å². The molecule has 0 spiro atoms. The molecule has 0 aromatic rings. The van der Waals surface area contributed by atoms with Crippen molar-refractivity contribution in [1.82, 2.24) is 0 Å². The summed E-state index contributed by atoms with van der Waals surface area (Å²) in [5, 5.41) is 24.7. The Balaban J connectivity index is 4.79. The molecule has 0 heterocycles. The predicted molar refractivity (Wildman–Crippen MR) is 40.5 cm³/mol. The van der Waals surface area contributed by atoms with Crippen molar-refractivity contribution in [2.24, 2.45) is 5.92 Å². The molecule has 0 aliphatic heterocycles. The van der Waals surface area contributed by atoms with Crippen molar-refractivity contribution in [2.75, 3.05) is 0 Å². The third-order valence-corrected chi connectivity index (χ3v) is 1.19. The molecular weight excluding hydrogens is 196 g/mol. The van der Waals surface area contributed by atoms with Crippen LogP contribution in [0.2, 0.25) is 0 Å². The number of ketones is 1. The van der Waals surface area contributed by atoms with Gasteiger partial charge in [-0.2, -0.15) is 0 Å². The van der Waals surface area contributed by atoms with Crippen LogP contribution in [0.15, 0.2) is 12.2 Å². The molecule has 0 amide bonds. The maximum Gasteiger partial charge on any atom is 0.373 e. The van der Waals surface area contributed by atoms with Crippen LogP contribution in [-0.2, 0) is 19.2 Å². The fourth-order valence-corrected chi connectivity index (χ4v) is 0.593. The molecule has 3 N–H and O–H groups in total. The highest BCUT2D eigenvalue weighted by Gasteiger charge is 2.28. The molecule has 0 aromatic carbocycles. The Labute approximate surface area is 77.3 Å². The first-order valence-corrected chi connectivity index (χ1v) is 3.27. The van der Waals surface area contributed by atoms with E-state index in [-0.39, 0.29) is 0 Å². The van der Waals surface area contributed by atoms with Gasteiger partial charge in [-0.3, -0.25) is 9.59 Å². The molecule has 0 saturated carbocycles. The molecule has 0 bridgehead atoms. The largest absolute Gasteiger partial charge is 0.480 e. The van der Waals surface area contributed by atoms with Gasteiger partial charge in [0.2, 0.25) is 0 Å². The number of hydrogen-bond donors (Lipinski definition) is 3. The second kappa shape index (κ2) is 4.75. The summed E-state index contributed by atoms with van der Waals surface area (Å²) >= 11 is 0. The number of aliphatic carboxylic acids is 3. The van der Waals surface area contributed by atoms with Crippen molar-refractivity contribution >= 4 is 23.7 Å². The lowest BCUT2D eigenvalue weighted by atomic mass is 10.0. The molecule has 0 aliphatic carbocycles. The fourth-order valence-electron chi connectivity index (χ4n) is 0.593. The molecule has 1 atom stereocenters. The van der Waals surface area contributed by atoms with Gasteiger partial charge >= 0.3 is 17.9 Å². The second-order valence-electron chi connectivity index (χ2n) is 2.18. The first-order chi connectivity index (χ1) is 6.36. The standard InChI is InChI=1S/C7H6O7/c8-4(9)2-1-3(6(11)12)5(10)7(13)14/h1-3H,(H,8,9)(H,11,12)(H,13,14). The van der Waals surface area contributed by atoms with Gasteiger partial charge in [0.25, 0.3) is 5.78 Å². The third kappa shape index (κ3) is 3.48. The molecule has 0 radical (unpaired) electrons. The molecule has 1 unspecified atom stereocenters. The second-order valence-corrected chi connectivity index (χ2v) is 2.18. The van der Waals surface area contributed by atoms with Crippen molar-refractivity contribution in [2.45, 2.75) is 0 Å². The summed E-state index contributed by atoms with van der Waals surface area (Å²) in [5.74, 6) is -8.66. The van der Waals surface area contributed by atoms with Crippen LogP contribution in [0.3, 0.4) is 0 Å². The molecule has 0 aliphatic rings. The van der Waals surface area contributed by atoms with Crippen LogP contribution >= 0.6 is 0 Å². The molecule has 0 fully saturated rings. The zero-order valence-electron chi connectivity index (χ0n) is 6.71. The SMILES string of the molecule is O=C(O)C=CC(C(=O)O)C(=O)C(=O)O. The molecule has 7 nitrogen and oxygen atoms in total. The minimum atomic E-state index is -1.97. The van der Waals surface area contributed by atoms with Crippen LogP contribution in [0, 0.1) is 5.92 Å². The number of hydrogen-bond acceptors (Lipinski definition) is 4. The molecule has 0 aromatic heterocycles. The van der Waals surface area contributed by atoms with E-state index >= 15 is 0 Å². The summed E-state index contributed by atoms with van der Waals surface area (Å²) in [6.45, 7) is 0. The van der Waals surface area contributed by atoms with Gasteiger partial charge in [-0.1, -0.05) is 6.08 Å². The lowest BCUT2D eigenvalue weighted by Crippen LogP contribution is -2.28. The number of Topliss-reactive ketones (excluding diaryl/α,β-unsaturated/α-hetero) is 1. The molecule has 0 rings (SSSR count). The van der Waals surface area contributed by atoms with Crippen molar-refractivity contribution < 1.29 is 34.5 Å². The lowest BCUT2D eigenvalue weighted by molar-refractivity contribution is -0.155. The first-order valence-electron chi connectivity index (χ1n) is 3.27. The quantitative estimate of drug-likeness (QED) is 0.295. The Kier molecular flexibility index (Phi) is 4.01. The van der Waals surface area contributed by atoms with E-state index in [2.05, 4.69) is 0 Å². The molecule has 7 heteroatoms. The molecule has 0 saturated heterocycles. The molecular formula is C7H6O7. The fraction of sp³-hybridized carbons (Fsp3) is 0.143. The van der Waals surface area contributed by atoms with Crippen LogP contribution in [0.5, 0.6) is 0 Å². The van der Waals surface area contributed by atoms with E-state index in [0.29, 0.717) is 12.2 Å². The molecule has 14 heavy (non-hydrogen) atoms. The normalized spacial score (nSPS) is 12.3. The summed E-state index contributed by atoms with van der Waals surface area (Å²) in [4.78, 5) is 41.1. The number of carboxylic acid groups (broad SMARTS) is 3. The minimum absolute atomic E-state index is 0.402. The van der Waals surface area contributed by atoms with Gasteiger partial charge < -0.3 is 15.3 Å². The third-order valence-electron chi connectivity index (χ3n) is 1.19. The van der Waals surface area contributed by atoms with Gasteiger partial charge in [-0.05, 0) is 0 Å². The minimum Gasteiger partial charge on any atom is -0.480 e. The van der Waals surface area contributed by atoms with E-state index in [1.807, 2.05) is 0 Å². The average Bonchev–Trinajstić information content (AvgIpc) is 2.02. The number of carboxylic acids is 3. The highest BCUT2D eigenvalue weighted by atomic mass is 16.4. The van der Waals surface area contributed by atoms with Crippen LogP contribution in [0.25, 0.3) is 0 Å². The number of carbonyl (C=O) groups is 4. The monoisotopic (exact) mass is 202 g/mol.